The maximum Gasteiger partial charge on any atom is 0.194 e. The Bertz CT molecular complexity index is 425. The minimum absolute atomic E-state index is 0.0603. The average molecular weight is 203 g/mol. The second-order valence-electron chi connectivity index (χ2n) is 4.33. The van der Waals surface area contributed by atoms with Gasteiger partial charge in [-0.05, 0) is 11.5 Å². The summed E-state index contributed by atoms with van der Waals surface area (Å²) in [6, 6.07) is 7.36. The van der Waals surface area contributed by atoms with Crippen LogP contribution in [-0.4, -0.2) is 11.3 Å². The van der Waals surface area contributed by atoms with Gasteiger partial charge in [0.15, 0.2) is 11.3 Å². The Balaban J connectivity index is 2.54. The number of ketones is 1. The third kappa shape index (κ3) is 1.23. The monoisotopic (exact) mass is 203 g/mol. The van der Waals surface area contributed by atoms with Crippen molar-refractivity contribution >= 4 is 5.78 Å². The first kappa shape index (κ1) is 10.0. The molecule has 78 valence electrons. The molecular weight excluding hydrogens is 190 g/mol. The molecule has 1 unspecified atom stereocenters. The second-order valence-corrected chi connectivity index (χ2v) is 4.33. The Morgan fingerprint density at radius 2 is 2.00 bits per heavy atom. The van der Waals surface area contributed by atoms with E-state index in [2.05, 4.69) is 5.18 Å². The van der Waals surface area contributed by atoms with Gasteiger partial charge >= 0.3 is 0 Å². The highest BCUT2D eigenvalue weighted by Crippen LogP contribution is 2.37. The van der Waals surface area contributed by atoms with Gasteiger partial charge < -0.3 is 0 Å². The molecule has 0 saturated heterocycles. The molecule has 15 heavy (non-hydrogen) atoms. The Morgan fingerprint density at radius 3 is 2.53 bits per heavy atom. The number of hydrogen-bond acceptors (Lipinski definition) is 3. The number of hydrogen-bond donors (Lipinski definition) is 0. The molecule has 0 saturated carbocycles. The van der Waals surface area contributed by atoms with Crippen LogP contribution in [0.15, 0.2) is 29.4 Å². The third-order valence-electron chi connectivity index (χ3n) is 3.23. The molecule has 0 fully saturated rings. The summed E-state index contributed by atoms with van der Waals surface area (Å²) in [5.74, 6) is -0.182. The van der Waals surface area contributed by atoms with Gasteiger partial charge in [-0.15, -0.1) is 4.91 Å². The summed E-state index contributed by atoms with van der Waals surface area (Å²) in [7, 11) is 0. The molecular formula is C12H13NO2. The molecule has 0 spiro atoms. The smallest absolute Gasteiger partial charge is 0.194 e. The van der Waals surface area contributed by atoms with E-state index in [9.17, 15) is 9.70 Å². The SMILES string of the molecule is CC(C)C1(N=O)Cc2ccccc2C1=O. The fourth-order valence-electron chi connectivity index (χ4n) is 2.15. The molecule has 1 atom stereocenters. The quantitative estimate of drug-likeness (QED) is 0.693. The Kier molecular flexibility index (Phi) is 2.18. The van der Waals surface area contributed by atoms with Crippen LogP contribution in [0.4, 0.5) is 0 Å². The van der Waals surface area contributed by atoms with Gasteiger partial charge in [-0.3, -0.25) is 4.79 Å². The number of carbonyl (C=O) groups is 1. The summed E-state index contributed by atoms with van der Waals surface area (Å²) < 4.78 is 0. The van der Waals surface area contributed by atoms with Crippen molar-refractivity contribution in [2.45, 2.75) is 25.8 Å². The summed E-state index contributed by atoms with van der Waals surface area (Å²) in [4.78, 5) is 23.1. The maximum atomic E-state index is 12.1. The van der Waals surface area contributed by atoms with Gasteiger partial charge in [-0.25, -0.2) is 0 Å². The summed E-state index contributed by atoms with van der Waals surface area (Å²) in [6.07, 6.45) is 0.448. The van der Waals surface area contributed by atoms with E-state index in [1.54, 1.807) is 6.07 Å². The van der Waals surface area contributed by atoms with Gasteiger partial charge in [0, 0.05) is 12.0 Å². The van der Waals surface area contributed by atoms with Crippen molar-refractivity contribution in [3.63, 3.8) is 0 Å². The molecule has 1 aromatic carbocycles. The molecule has 3 heteroatoms. The van der Waals surface area contributed by atoms with E-state index >= 15 is 0 Å². The lowest BCUT2D eigenvalue weighted by Crippen LogP contribution is -2.39. The number of benzene rings is 1. The molecule has 0 radical (unpaired) electrons. The van der Waals surface area contributed by atoms with Crippen molar-refractivity contribution in [1.29, 1.82) is 0 Å². The Hall–Kier alpha value is -1.51. The molecule has 0 aliphatic heterocycles. The van der Waals surface area contributed by atoms with Crippen LogP contribution in [0.5, 0.6) is 0 Å². The molecule has 2 rings (SSSR count). The van der Waals surface area contributed by atoms with Gasteiger partial charge in [0.2, 0.25) is 0 Å². The zero-order valence-corrected chi connectivity index (χ0v) is 8.86. The van der Waals surface area contributed by atoms with Crippen molar-refractivity contribution < 1.29 is 4.79 Å². The van der Waals surface area contributed by atoms with Gasteiger partial charge in [0.1, 0.15) is 0 Å². The van der Waals surface area contributed by atoms with Crippen LogP contribution in [0.3, 0.4) is 0 Å². The lowest BCUT2D eigenvalue weighted by atomic mass is 9.84. The van der Waals surface area contributed by atoms with E-state index in [-0.39, 0.29) is 11.7 Å². The Morgan fingerprint density at radius 1 is 1.33 bits per heavy atom. The minimum atomic E-state index is -1.07. The number of rotatable bonds is 2. The van der Waals surface area contributed by atoms with Crippen LogP contribution >= 0.6 is 0 Å². The fourth-order valence-corrected chi connectivity index (χ4v) is 2.15. The molecule has 3 nitrogen and oxygen atoms in total. The summed E-state index contributed by atoms with van der Waals surface area (Å²) in [5, 5.41) is 3.11. The molecule has 1 aliphatic carbocycles. The van der Waals surface area contributed by atoms with E-state index in [4.69, 9.17) is 0 Å². The largest absolute Gasteiger partial charge is 0.291 e. The van der Waals surface area contributed by atoms with Crippen molar-refractivity contribution in [3.05, 3.63) is 40.3 Å². The molecule has 1 aliphatic rings. The highest BCUT2D eigenvalue weighted by molar-refractivity contribution is 6.08. The summed E-state index contributed by atoms with van der Waals surface area (Å²) in [5.41, 5.74) is 0.533. The predicted molar refractivity (Wildman–Crippen MR) is 57.8 cm³/mol. The fraction of sp³-hybridized carbons (Fsp3) is 0.417. The number of nitrogens with zero attached hydrogens (tertiary/aromatic N) is 1. The van der Waals surface area contributed by atoms with Crippen LogP contribution in [0.2, 0.25) is 0 Å². The maximum absolute atomic E-state index is 12.1. The number of nitroso groups, excluding NO2 is 1. The number of Topliss-reactive ketones (excluding diaryl/α,β-unsaturated/α-hetero) is 1. The van der Waals surface area contributed by atoms with E-state index in [0.29, 0.717) is 12.0 Å². The molecule has 0 bridgehead atoms. The zero-order chi connectivity index (χ0) is 11.1. The highest BCUT2D eigenvalue weighted by atomic mass is 16.3. The second kappa shape index (κ2) is 3.26. The van der Waals surface area contributed by atoms with E-state index < -0.39 is 5.54 Å². The van der Waals surface area contributed by atoms with Crippen molar-refractivity contribution in [3.8, 4) is 0 Å². The first-order valence-corrected chi connectivity index (χ1v) is 5.09. The van der Waals surface area contributed by atoms with Crippen molar-refractivity contribution in [1.82, 2.24) is 0 Å². The number of carbonyl (C=O) groups excluding carboxylic acids is 1. The number of fused-ring (bicyclic) bond motifs is 1. The van der Waals surface area contributed by atoms with Crippen LogP contribution in [0.1, 0.15) is 29.8 Å². The lowest BCUT2D eigenvalue weighted by molar-refractivity contribution is 0.0867. The third-order valence-corrected chi connectivity index (χ3v) is 3.23. The van der Waals surface area contributed by atoms with Crippen molar-refractivity contribution in [2.75, 3.05) is 0 Å². The van der Waals surface area contributed by atoms with Gasteiger partial charge in [0.05, 0.1) is 0 Å². The van der Waals surface area contributed by atoms with Crippen LogP contribution in [0, 0.1) is 10.8 Å². The molecule has 0 N–H and O–H groups in total. The van der Waals surface area contributed by atoms with Crippen LogP contribution in [-0.2, 0) is 6.42 Å². The normalized spacial score (nSPS) is 24.3. The zero-order valence-electron chi connectivity index (χ0n) is 8.86. The van der Waals surface area contributed by atoms with Gasteiger partial charge in [-0.1, -0.05) is 43.3 Å². The van der Waals surface area contributed by atoms with E-state index in [1.165, 1.54) is 0 Å². The van der Waals surface area contributed by atoms with Crippen molar-refractivity contribution in [2.24, 2.45) is 11.1 Å². The first-order valence-electron chi connectivity index (χ1n) is 5.09. The summed E-state index contributed by atoms with van der Waals surface area (Å²) in [6.45, 7) is 3.73. The first-order chi connectivity index (χ1) is 7.12. The Labute approximate surface area is 88.5 Å². The molecule has 0 aromatic heterocycles. The van der Waals surface area contributed by atoms with E-state index in [0.717, 1.165) is 5.56 Å². The predicted octanol–water partition coefficient (Wildman–Crippen LogP) is 2.59. The average Bonchev–Trinajstić information content (AvgIpc) is 2.53. The van der Waals surface area contributed by atoms with Crippen LogP contribution < -0.4 is 0 Å². The summed E-state index contributed by atoms with van der Waals surface area (Å²) >= 11 is 0. The van der Waals surface area contributed by atoms with Gasteiger partial charge in [-0.2, -0.15) is 0 Å². The van der Waals surface area contributed by atoms with Crippen LogP contribution in [0.25, 0.3) is 0 Å². The lowest BCUT2D eigenvalue weighted by Gasteiger charge is -2.22. The van der Waals surface area contributed by atoms with E-state index in [1.807, 2.05) is 32.0 Å². The topological polar surface area (TPSA) is 46.5 Å². The highest BCUT2D eigenvalue weighted by Gasteiger charge is 2.49. The molecule has 0 amide bonds. The van der Waals surface area contributed by atoms with Gasteiger partial charge in [0.25, 0.3) is 0 Å². The standard InChI is InChI=1S/C12H13NO2/c1-8(2)12(13-15)7-9-5-3-4-6-10(9)11(12)14/h3-6,8H,7H2,1-2H3. The molecule has 0 heterocycles. The molecule has 1 aromatic rings. The minimum Gasteiger partial charge on any atom is -0.291 e.